The van der Waals surface area contributed by atoms with Gasteiger partial charge in [0.15, 0.2) is 0 Å². The summed E-state index contributed by atoms with van der Waals surface area (Å²) in [7, 11) is 0. The maximum atomic E-state index is 14.7. The Kier molecular flexibility index (Phi) is 8.53. The highest BCUT2D eigenvalue weighted by Crippen LogP contribution is 2.30. The molecule has 8 heteroatoms. The SMILES string of the molecule is NCN.[C-]#[N+]c1ccc(-c2ccc(Cc3ccc(-c4ccc(C#N)c(F)c4)c(F)c3)cc2F)cc1F. The third-order valence-electron chi connectivity index (χ3n) is 5.25. The molecule has 4 nitrogen and oxygen atoms in total. The minimum Gasteiger partial charge on any atom is -0.319 e. The Morgan fingerprint density at radius 3 is 1.61 bits per heavy atom. The standard InChI is InChI=1S/C27H14F4N2.CH6N2/c1-33-27-9-6-19(14-26(27)31)22-8-3-17(12-25(22)30)10-16-2-7-21(24(29)11-16)18-4-5-20(15-32)23(28)13-18;2-1-3/h2-9,11-14H,10H2;1-3H2. The quantitative estimate of drug-likeness (QED) is 0.197. The van der Waals surface area contributed by atoms with E-state index in [4.69, 9.17) is 11.8 Å². The van der Waals surface area contributed by atoms with Crippen molar-refractivity contribution < 1.29 is 17.6 Å². The van der Waals surface area contributed by atoms with Crippen LogP contribution in [0.3, 0.4) is 0 Å². The number of hydrogen-bond donors (Lipinski definition) is 2. The average Bonchev–Trinajstić information content (AvgIpc) is 2.85. The van der Waals surface area contributed by atoms with Gasteiger partial charge in [0.05, 0.1) is 12.1 Å². The molecule has 4 aromatic carbocycles. The van der Waals surface area contributed by atoms with Crippen LogP contribution in [-0.2, 0) is 6.42 Å². The molecule has 0 saturated heterocycles. The highest BCUT2D eigenvalue weighted by atomic mass is 19.1. The molecule has 0 fully saturated rings. The zero-order chi connectivity index (χ0) is 26.2. The lowest BCUT2D eigenvalue weighted by atomic mass is 9.97. The van der Waals surface area contributed by atoms with E-state index in [0.717, 1.165) is 12.1 Å². The van der Waals surface area contributed by atoms with Gasteiger partial charge in [0, 0.05) is 17.8 Å². The first-order valence-electron chi connectivity index (χ1n) is 10.7. The van der Waals surface area contributed by atoms with Gasteiger partial charge in [-0.25, -0.2) is 22.4 Å². The second-order valence-corrected chi connectivity index (χ2v) is 7.63. The fraction of sp³-hybridized carbons (Fsp3) is 0.0714. The smallest absolute Gasteiger partial charge is 0.222 e. The molecule has 4 rings (SSSR count). The van der Waals surface area contributed by atoms with Gasteiger partial charge in [0.2, 0.25) is 5.69 Å². The summed E-state index contributed by atoms with van der Waals surface area (Å²) in [5.41, 5.74) is 11.2. The molecule has 0 heterocycles. The average molecular weight is 488 g/mol. The van der Waals surface area contributed by atoms with Crippen LogP contribution in [0.5, 0.6) is 0 Å². The van der Waals surface area contributed by atoms with Crippen molar-refractivity contribution in [1.29, 1.82) is 5.26 Å². The van der Waals surface area contributed by atoms with E-state index in [-0.39, 0.29) is 35.5 Å². The van der Waals surface area contributed by atoms with E-state index in [1.54, 1.807) is 18.2 Å². The van der Waals surface area contributed by atoms with Crippen molar-refractivity contribution in [3.63, 3.8) is 0 Å². The van der Waals surface area contributed by atoms with Gasteiger partial charge < -0.3 is 11.5 Å². The minimum absolute atomic E-state index is 0.119. The van der Waals surface area contributed by atoms with Crippen LogP contribution in [0.1, 0.15) is 16.7 Å². The highest BCUT2D eigenvalue weighted by Gasteiger charge is 2.12. The van der Waals surface area contributed by atoms with Gasteiger partial charge in [0.25, 0.3) is 0 Å². The number of hydrogen-bond acceptors (Lipinski definition) is 3. The van der Waals surface area contributed by atoms with E-state index >= 15 is 0 Å². The first-order chi connectivity index (χ1) is 17.3. The van der Waals surface area contributed by atoms with Gasteiger partial charge in [-0.3, -0.25) is 0 Å². The number of nitrogens with two attached hydrogens (primary N) is 2. The van der Waals surface area contributed by atoms with Crippen molar-refractivity contribution in [3.05, 3.63) is 124 Å². The molecule has 0 unspecified atom stereocenters. The Morgan fingerprint density at radius 2 is 1.19 bits per heavy atom. The number of benzene rings is 4. The van der Waals surface area contributed by atoms with Crippen molar-refractivity contribution >= 4 is 5.69 Å². The van der Waals surface area contributed by atoms with Crippen molar-refractivity contribution in [2.24, 2.45) is 11.5 Å². The van der Waals surface area contributed by atoms with Gasteiger partial charge in [-0.2, -0.15) is 5.26 Å². The molecule has 4 N–H and O–H groups in total. The zero-order valence-electron chi connectivity index (χ0n) is 18.9. The second-order valence-electron chi connectivity index (χ2n) is 7.63. The van der Waals surface area contributed by atoms with Crippen molar-refractivity contribution in [2.75, 3.05) is 6.67 Å². The predicted octanol–water partition coefficient (Wildman–Crippen LogP) is 6.45. The summed E-state index contributed by atoms with van der Waals surface area (Å²) in [5.74, 6) is -2.57. The van der Waals surface area contributed by atoms with Crippen LogP contribution < -0.4 is 11.5 Å². The van der Waals surface area contributed by atoms with Crippen molar-refractivity contribution in [2.45, 2.75) is 6.42 Å². The molecule has 0 radical (unpaired) electrons. The molecule has 0 aromatic heterocycles. The third-order valence-corrected chi connectivity index (χ3v) is 5.25. The maximum Gasteiger partial charge on any atom is 0.222 e. The Hall–Kier alpha value is -4.50. The number of halogens is 4. The fourth-order valence-electron chi connectivity index (χ4n) is 3.58. The van der Waals surface area contributed by atoms with Crippen LogP contribution in [0.15, 0.2) is 72.8 Å². The lowest BCUT2D eigenvalue weighted by molar-refractivity contribution is 0.621. The van der Waals surface area contributed by atoms with Crippen LogP contribution in [0, 0.1) is 41.2 Å². The summed E-state index contributed by atoms with van der Waals surface area (Å²) < 4.78 is 57.2. The molecule has 0 saturated carbocycles. The van der Waals surface area contributed by atoms with E-state index in [1.165, 1.54) is 48.5 Å². The minimum atomic E-state index is -0.724. The molecule has 0 atom stereocenters. The van der Waals surface area contributed by atoms with Crippen LogP contribution in [0.25, 0.3) is 27.1 Å². The molecular formula is C28H20F4N4. The summed E-state index contributed by atoms with van der Waals surface area (Å²) in [4.78, 5) is 3.05. The molecule has 4 aromatic rings. The largest absolute Gasteiger partial charge is 0.319 e. The first-order valence-corrected chi connectivity index (χ1v) is 10.7. The molecule has 0 aliphatic heterocycles. The second kappa shape index (κ2) is 11.8. The molecule has 0 aliphatic carbocycles. The maximum absolute atomic E-state index is 14.7. The number of rotatable bonds is 4. The Bertz CT molecular complexity index is 1380. The molecule has 0 spiro atoms. The van der Waals surface area contributed by atoms with Crippen molar-refractivity contribution in [1.82, 2.24) is 0 Å². The monoisotopic (exact) mass is 488 g/mol. The summed E-state index contributed by atoms with van der Waals surface area (Å²) in [6, 6.07) is 18.5. The van der Waals surface area contributed by atoms with E-state index in [9.17, 15) is 17.6 Å². The first kappa shape index (κ1) is 26.1. The summed E-state index contributed by atoms with van der Waals surface area (Å²) in [5, 5.41) is 8.83. The van der Waals surface area contributed by atoms with E-state index in [0.29, 0.717) is 22.3 Å². The van der Waals surface area contributed by atoms with Crippen LogP contribution in [0.4, 0.5) is 23.2 Å². The predicted molar refractivity (Wildman–Crippen MR) is 131 cm³/mol. The normalized spacial score (nSPS) is 10.1. The molecule has 0 amide bonds. The molecule has 0 bridgehead atoms. The van der Waals surface area contributed by atoms with E-state index in [2.05, 4.69) is 16.3 Å². The van der Waals surface area contributed by atoms with Gasteiger partial charge in [-0.05, 0) is 59.0 Å². The lowest BCUT2D eigenvalue weighted by Gasteiger charge is -2.10. The Balaban J connectivity index is 0.00000115. The number of nitrogens with zero attached hydrogens (tertiary/aromatic N) is 2. The Labute approximate surface area is 205 Å². The number of nitriles is 1. The van der Waals surface area contributed by atoms with Gasteiger partial charge in [-0.1, -0.05) is 42.5 Å². The summed E-state index contributed by atoms with van der Waals surface area (Å²) in [6.45, 7) is 7.15. The van der Waals surface area contributed by atoms with E-state index in [1.807, 2.05) is 0 Å². The van der Waals surface area contributed by atoms with Crippen LogP contribution >= 0.6 is 0 Å². The molecule has 36 heavy (non-hydrogen) atoms. The zero-order valence-corrected chi connectivity index (χ0v) is 18.9. The lowest BCUT2D eigenvalue weighted by Crippen LogP contribution is -2.08. The van der Waals surface area contributed by atoms with Crippen LogP contribution in [-0.4, -0.2) is 6.67 Å². The molecule has 180 valence electrons. The third kappa shape index (κ3) is 5.94. The van der Waals surface area contributed by atoms with E-state index < -0.39 is 23.3 Å². The van der Waals surface area contributed by atoms with Gasteiger partial charge in [-0.15, -0.1) is 0 Å². The topological polar surface area (TPSA) is 80.2 Å². The molecular weight excluding hydrogens is 468 g/mol. The summed E-state index contributed by atoms with van der Waals surface area (Å²) in [6.07, 6.45) is 0.251. The Morgan fingerprint density at radius 1 is 0.694 bits per heavy atom. The van der Waals surface area contributed by atoms with Crippen molar-refractivity contribution in [3.8, 4) is 28.3 Å². The van der Waals surface area contributed by atoms with Crippen LogP contribution in [0.2, 0.25) is 0 Å². The van der Waals surface area contributed by atoms with Gasteiger partial charge >= 0.3 is 0 Å². The molecule has 0 aliphatic rings. The highest BCUT2D eigenvalue weighted by molar-refractivity contribution is 5.68. The fourth-order valence-corrected chi connectivity index (χ4v) is 3.58. The summed E-state index contributed by atoms with van der Waals surface area (Å²) >= 11 is 0. The van der Waals surface area contributed by atoms with Gasteiger partial charge in [0.1, 0.15) is 29.3 Å².